The SMILES string of the molecule is CCCCCCCCN1C(=O)c2ccc3c4c(c(-c5cc6c7c(ccc8c7c5C(=O)N(CCCCCCCC)C8=O)C(=O)N(CCCCCCCC)C6=O)cc(c24)C1=O)C(=O)N(CCCCCCCC)C3=O. The second-order valence-corrected chi connectivity index (χ2v) is 20.6. The molecular formula is C60H74N4O8. The molecule has 0 saturated carbocycles. The molecule has 0 N–H and O–H groups in total. The first-order chi connectivity index (χ1) is 35.0. The largest absolute Gasteiger partial charge is 0.274 e. The number of carbonyl (C=O) groups excluding carboxylic acids is 8. The molecule has 4 aliphatic heterocycles. The summed E-state index contributed by atoms with van der Waals surface area (Å²) in [6.45, 7) is 9.20. The quantitative estimate of drug-likeness (QED) is 0.0385. The van der Waals surface area contributed by atoms with Crippen LogP contribution in [0.25, 0.3) is 32.7 Å². The molecule has 0 fully saturated rings. The van der Waals surface area contributed by atoms with Crippen molar-refractivity contribution in [2.75, 3.05) is 26.2 Å². The predicted octanol–water partition coefficient (Wildman–Crippen LogP) is 13.5. The van der Waals surface area contributed by atoms with Crippen molar-refractivity contribution in [2.24, 2.45) is 0 Å². The summed E-state index contributed by atoms with van der Waals surface area (Å²) in [7, 11) is 0. The molecule has 0 bridgehead atoms. The van der Waals surface area contributed by atoms with Crippen molar-refractivity contribution in [3.8, 4) is 11.1 Å². The Kier molecular flexibility index (Phi) is 17.2. The summed E-state index contributed by atoms with van der Waals surface area (Å²) in [5.41, 5.74) is 1.39. The number of hydrogen-bond acceptors (Lipinski definition) is 8. The van der Waals surface area contributed by atoms with Crippen LogP contribution in [0.4, 0.5) is 0 Å². The second-order valence-electron chi connectivity index (χ2n) is 20.6. The molecule has 0 radical (unpaired) electrons. The maximum absolute atomic E-state index is 15.4. The number of amides is 8. The van der Waals surface area contributed by atoms with E-state index in [1.54, 1.807) is 36.4 Å². The van der Waals surface area contributed by atoms with Crippen molar-refractivity contribution in [3.05, 3.63) is 80.9 Å². The maximum Gasteiger partial charge on any atom is 0.262 e. The van der Waals surface area contributed by atoms with E-state index in [1.165, 1.54) is 19.6 Å². The lowest BCUT2D eigenvalue weighted by molar-refractivity contribution is 0.0585. The van der Waals surface area contributed by atoms with Gasteiger partial charge < -0.3 is 0 Å². The lowest BCUT2D eigenvalue weighted by atomic mass is 9.77. The molecule has 0 saturated heterocycles. The number of carbonyl (C=O) groups is 8. The Labute approximate surface area is 425 Å². The average Bonchev–Trinajstić information content (AvgIpc) is 3.38. The molecule has 4 aliphatic rings. The summed E-state index contributed by atoms with van der Waals surface area (Å²) in [5.74, 6) is -4.45. The van der Waals surface area contributed by atoms with E-state index in [0.717, 1.165) is 128 Å². The average molecular weight is 979 g/mol. The van der Waals surface area contributed by atoms with Crippen molar-refractivity contribution >= 4 is 68.8 Å². The molecule has 8 rings (SSSR count). The number of benzene rings is 4. The first-order valence-electron chi connectivity index (χ1n) is 27.7. The molecule has 0 spiro atoms. The lowest BCUT2D eigenvalue weighted by Gasteiger charge is -2.35. The van der Waals surface area contributed by atoms with Gasteiger partial charge in [0.25, 0.3) is 47.3 Å². The molecule has 0 aliphatic carbocycles. The van der Waals surface area contributed by atoms with Crippen LogP contribution in [-0.2, 0) is 0 Å². The zero-order valence-electron chi connectivity index (χ0n) is 43.3. The third-order valence-corrected chi connectivity index (χ3v) is 15.6. The predicted molar refractivity (Wildman–Crippen MR) is 282 cm³/mol. The maximum atomic E-state index is 15.4. The number of rotatable bonds is 29. The topological polar surface area (TPSA) is 150 Å². The third-order valence-electron chi connectivity index (χ3n) is 15.6. The molecule has 8 amide bonds. The molecule has 382 valence electrons. The molecule has 4 aromatic carbocycles. The van der Waals surface area contributed by atoms with Crippen LogP contribution in [0.5, 0.6) is 0 Å². The molecule has 0 atom stereocenters. The van der Waals surface area contributed by atoms with E-state index in [1.807, 2.05) is 0 Å². The lowest BCUT2D eigenvalue weighted by Crippen LogP contribution is -2.45. The highest BCUT2D eigenvalue weighted by atomic mass is 16.2. The van der Waals surface area contributed by atoms with Crippen LogP contribution in [0.3, 0.4) is 0 Å². The molecule has 12 nitrogen and oxygen atoms in total. The first kappa shape index (κ1) is 52.3. The van der Waals surface area contributed by atoms with Gasteiger partial charge in [0.2, 0.25) is 0 Å². The molecule has 12 heteroatoms. The van der Waals surface area contributed by atoms with E-state index in [2.05, 4.69) is 27.7 Å². The van der Waals surface area contributed by atoms with Gasteiger partial charge in [0.15, 0.2) is 0 Å². The van der Waals surface area contributed by atoms with Crippen LogP contribution in [0.15, 0.2) is 36.4 Å². The van der Waals surface area contributed by atoms with Crippen LogP contribution in [-0.4, -0.2) is 93.0 Å². The normalized spacial score (nSPS) is 15.2. The molecular weight excluding hydrogens is 905 g/mol. The van der Waals surface area contributed by atoms with Gasteiger partial charge in [-0.15, -0.1) is 0 Å². The molecule has 4 aromatic rings. The highest BCUT2D eigenvalue weighted by molar-refractivity contribution is 6.38. The molecule has 0 aromatic heterocycles. The fourth-order valence-corrected chi connectivity index (χ4v) is 11.6. The zero-order chi connectivity index (χ0) is 51.1. The fourth-order valence-electron chi connectivity index (χ4n) is 11.6. The Morgan fingerprint density at radius 1 is 0.250 bits per heavy atom. The molecule has 4 heterocycles. The van der Waals surface area contributed by atoms with Crippen molar-refractivity contribution in [3.63, 3.8) is 0 Å². The van der Waals surface area contributed by atoms with Crippen LogP contribution < -0.4 is 0 Å². The Balaban J connectivity index is 1.33. The van der Waals surface area contributed by atoms with Crippen molar-refractivity contribution in [1.82, 2.24) is 19.6 Å². The third kappa shape index (κ3) is 9.91. The van der Waals surface area contributed by atoms with Gasteiger partial charge in [-0.3, -0.25) is 58.0 Å². The van der Waals surface area contributed by atoms with Gasteiger partial charge in [-0.1, -0.05) is 156 Å². The highest BCUT2D eigenvalue weighted by Crippen LogP contribution is 2.48. The second kappa shape index (κ2) is 23.7. The fraction of sp³-hybridized carbons (Fsp3) is 0.533. The Morgan fingerprint density at radius 3 is 0.750 bits per heavy atom. The van der Waals surface area contributed by atoms with Gasteiger partial charge in [-0.05, 0) is 73.2 Å². The standard InChI is InChI=1S/C60H74N4O8/c1-5-9-13-17-21-25-33-61-53(65)39-29-31-41-49-47(39)45(57(61)69)37-43(51(49)59(71)63(55(41)67)35-27-23-19-15-11-7-3)44-38-46-48-40(54(66)62(58(46)70)34-26-22-18-14-10-6-2)30-32-42-50(48)52(44)60(72)64(56(42)68)36-28-24-20-16-12-8-4/h29-32,37-38H,5-28,33-36H2,1-4H3. The van der Waals surface area contributed by atoms with Gasteiger partial charge in [0.05, 0.1) is 11.1 Å². The minimum atomic E-state index is -0.626. The zero-order valence-corrected chi connectivity index (χ0v) is 43.3. The summed E-state index contributed by atoms with van der Waals surface area (Å²) in [4.78, 5) is 124. The monoisotopic (exact) mass is 979 g/mol. The first-order valence-corrected chi connectivity index (χ1v) is 27.7. The van der Waals surface area contributed by atoms with Crippen molar-refractivity contribution < 1.29 is 38.4 Å². The van der Waals surface area contributed by atoms with Crippen LogP contribution in [0.2, 0.25) is 0 Å². The summed E-state index contributed by atoms with van der Waals surface area (Å²) < 4.78 is 0. The van der Waals surface area contributed by atoms with Crippen LogP contribution in [0, 0.1) is 0 Å². The Hall–Kier alpha value is -6.04. The Morgan fingerprint density at radius 2 is 0.472 bits per heavy atom. The van der Waals surface area contributed by atoms with Crippen LogP contribution >= 0.6 is 0 Å². The van der Waals surface area contributed by atoms with E-state index in [0.29, 0.717) is 25.7 Å². The van der Waals surface area contributed by atoms with E-state index in [9.17, 15) is 28.8 Å². The number of unbranched alkanes of at least 4 members (excludes halogenated alkanes) is 20. The van der Waals surface area contributed by atoms with Gasteiger partial charge in [-0.25, -0.2) is 0 Å². The van der Waals surface area contributed by atoms with Crippen LogP contribution in [0.1, 0.15) is 265 Å². The molecule has 0 unspecified atom stereocenters. The van der Waals surface area contributed by atoms with E-state index >= 15 is 9.59 Å². The summed E-state index contributed by atoms with van der Waals surface area (Å²) in [5, 5.41) is 0.773. The summed E-state index contributed by atoms with van der Waals surface area (Å²) in [6.07, 6.45) is 22.3. The minimum absolute atomic E-state index is 0.0529. The smallest absolute Gasteiger partial charge is 0.262 e. The van der Waals surface area contributed by atoms with Gasteiger partial charge in [0.1, 0.15) is 0 Å². The van der Waals surface area contributed by atoms with Gasteiger partial charge in [-0.2, -0.15) is 0 Å². The number of nitrogens with zero attached hydrogens (tertiary/aromatic N) is 4. The van der Waals surface area contributed by atoms with E-state index in [4.69, 9.17) is 0 Å². The number of hydrogen-bond donors (Lipinski definition) is 0. The van der Waals surface area contributed by atoms with Crippen molar-refractivity contribution in [1.29, 1.82) is 0 Å². The van der Waals surface area contributed by atoms with E-state index in [-0.39, 0.29) is 103 Å². The Bertz CT molecular complexity index is 2620. The summed E-state index contributed by atoms with van der Waals surface area (Å²) >= 11 is 0. The molecule has 72 heavy (non-hydrogen) atoms. The van der Waals surface area contributed by atoms with Gasteiger partial charge >= 0.3 is 0 Å². The summed E-state index contributed by atoms with van der Waals surface area (Å²) in [6, 6.07) is 9.48. The minimum Gasteiger partial charge on any atom is -0.274 e. The van der Waals surface area contributed by atoms with Crippen molar-refractivity contribution in [2.45, 2.75) is 182 Å². The highest BCUT2D eigenvalue weighted by Gasteiger charge is 2.45. The van der Waals surface area contributed by atoms with E-state index < -0.39 is 47.3 Å². The number of imide groups is 4. The van der Waals surface area contributed by atoms with Gasteiger partial charge in [0, 0.05) is 81.1 Å².